The van der Waals surface area contributed by atoms with Crippen LogP contribution in [0.1, 0.15) is 32.6 Å². The lowest BCUT2D eigenvalue weighted by atomic mass is 10.1. The number of amides is 1. The van der Waals surface area contributed by atoms with E-state index in [2.05, 4.69) is 0 Å². The number of rotatable bonds is 5. The highest BCUT2D eigenvalue weighted by molar-refractivity contribution is 7.99. The van der Waals surface area contributed by atoms with E-state index in [1.807, 2.05) is 13.2 Å². The van der Waals surface area contributed by atoms with Crippen molar-refractivity contribution in [3.05, 3.63) is 0 Å². The lowest BCUT2D eigenvalue weighted by Gasteiger charge is -2.24. The Bertz CT molecular complexity index is 270. The molecule has 1 aliphatic rings. The van der Waals surface area contributed by atoms with Crippen molar-refractivity contribution in [3.63, 3.8) is 0 Å². The van der Waals surface area contributed by atoms with Crippen molar-refractivity contribution in [2.24, 2.45) is 0 Å². The van der Waals surface area contributed by atoms with Gasteiger partial charge in [0.15, 0.2) is 0 Å². The number of likely N-dealkylation sites (tertiary alicyclic amines) is 1. The van der Waals surface area contributed by atoms with Gasteiger partial charge >= 0.3 is 5.97 Å². The number of carbonyl (C=O) groups is 2. The summed E-state index contributed by atoms with van der Waals surface area (Å²) in [5, 5.41) is 9.06. The van der Waals surface area contributed by atoms with Gasteiger partial charge in [0.25, 0.3) is 0 Å². The standard InChI is InChI=1S/C11H19NO3S/c1-8(16-2)6-10(13)12-5-3-4-9(12)7-11(14)15/h8-9H,3-7H2,1-2H3,(H,14,15). The maximum atomic E-state index is 11.9. The number of carboxylic acid groups (broad SMARTS) is 1. The van der Waals surface area contributed by atoms with Crippen molar-refractivity contribution in [1.29, 1.82) is 0 Å². The Morgan fingerprint density at radius 1 is 1.56 bits per heavy atom. The number of hydrogen-bond acceptors (Lipinski definition) is 3. The molecule has 4 nitrogen and oxygen atoms in total. The maximum absolute atomic E-state index is 11.9. The molecule has 16 heavy (non-hydrogen) atoms. The van der Waals surface area contributed by atoms with Crippen LogP contribution >= 0.6 is 11.8 Å². The fourth-order valence-corrected chi connectivity index (χ4v) is 2.33. The van der Waals surface area contributed by atoms with E-state index in [1.165, 1.54) is 0 Å². The summed E-state index contributed by atoms with van der Waals surface area (Å²) in [5.41, 5.74) is 0. The van der Waals surface area contributed by atoms with E-state index in [0.717, 1.165) is 19.4 Å². The SMILES string of the molecule is CSC(C)CC(=O)N1CCCC1CC(=O)O. The Balaban J connectivity index is 2.50. The quantitative estimate of drug-likeness (QED) is 0.799. The molecular formula is C11H19NO3S. The molecule has 0 saturated carbocycles. The van der Waals surface area contributed by atoms with Crippen LogP contribution in [0.15, 0.2) is 0 Å². The number of thioether (sulfide) groups is 1. The topological polar surface area (TPSA) is 57.6 Å². The first kappa shape index (κ1) is 13.4. The smallest absolute Gasteiger partial charge is 0.305 e. The summed E-state index contributed by atoms with van der Waals surface area (Å²) in [5.74, 6) is -0.715. The summed E-state index contributed by atoms with van der Waals surface area (Å²) in [4.78, 5) is 24.3. The Labute approximate surface area is 100 Å². The molecule has 2 atom stereocenters. The van der Waals surface area contributed by atoms with E-state index in [1.54, 1.807) is 16.7 Å². The molecule has 0 spiro atoms. The van der Waals surface area contributed by atoms with Crippen molar-refractivity contribution in [2.75, 3.05) is 12.8 Å². The summed E-state index contributed by atoms with van der Waals surface area (Å²) < 4.78 is 0. The Morgan fingerprint density at radius 2 is 2.25 bits per heavy atom. The van der Waals surface area contributed by atoms with Crippen LogP contribution in [0.2, 0.25) is 0 Å². The Hall–Kier alpha value is -0.710. The lowest BCUT2D eigenvalue weighted by Crippen LogP contribution is -2.37. The normalized spacial score (nSPS) is 22.1. The van der Waals surface area contributed by atoms with Gasteiger partial charge in [0.2, 0.25) is 5.91 Å². The van der Waals surface area contributed by atoms with E-state index in [9.17, 15) is 9.59 Å². The molecule has 1 aliphatic heterocycles. The third-order valence-electron chi connectivity index (χ3n) is 2.97. The van der Waals surface area contributed by atoms with Gasteiger partial charge in [-0.1, -0.05) is 6.92 Å². The van der Waals surface area contributed by atoms with Crippen LogP contribution in [0, 0.1) is 0 Å². The van der Waals surface area contributed by atoms with Crippen molar-refractivity contribution < 1.29 is 14.7 Å². The van der Waals surface area contributed by atoms with E-state index < -0.39 is 5.97 Å². The second-order valence-corrected chi connectivity index (χ2v) is 5.51. The highest BCUT2D eigenvalue weighted by Crippen LogP contribution is 2.22. The molecule has 0 bridgehead atoms. The first-order valence-corrected chi connectivity index (χ1v) is 6.87. The number of nitrogens with zero attached hydrogens (tertiary/aromatic N) is 1. The van der Waals surface area contributed by atoms with E-state index in [4.69, 9.17) is 5.11 Å². The van der Waals surface area contributed by atoms with Gasteiger partial charge in [-0.3, -0.25) is 9.59 Å². The van der Waals surface area contributed by atoms with Gasteiger partial charge in [0, 0.05) is 24.3 Å². The molecular weight excluding hydrogens is 226 g/mol. The monoisotopic (exact) mass is 245 g/mol. The molecule has 1 N–H and O–H groups in total. The molecule has 0 aromatic carbocycles. The summed E-state index contributed by atoms with van der Waals surface area (Å²) in [7, 11) is 0. The van der Waals surface area contributed by atoms with Crippen LogP contribution in [0.3, 0.4) is 0 Å². The minimum atomic E-state index is -0.817. The van der Waals surface area contributed by atoms with Crippen molar-refractivity contribution >= 4 is 23.6 Å². The number of hydrogen-bond donors (Lipinski definition) is 1. The van der Waals surface area contributed by atoms with Gasteiger partial charge in [-0.2, -0.15) is 11.8 Å². The predicted molar refractivity (Wildman–Crippen MR) is 64.6 cm³/mol. The Morgan fingerprint density at radius 3 is 2.81 bits per heavy atom. The molecule has 1 rings (SSSR count). The van der Waals surface area contributed by atoms with Gasteiger partial charge in [-0.05, 0) is 19.1 Å². The summed E-state index contributed by atoms with van der Waals surface area (Å²) >= 11 is 1.66. The van der Waals surface area contributed by atoms with Crippen LogP contribution in [0.5, 0.6) is 0 Å². The van der Waals surface area contributed by atoms with Crippen LogP contribution in [0.25, 0.3) is 0 Å². The molecule has 0 aromatic heterocycles. The number of carbonyl (C=O) groups excluding carboxylic acids is 1. The van der Waals surface area contributed by atoms with E-state index >= 15 is 0 Å². The molecule has 0 aromatic rings. The van der Waals surface area contributed by atoms with Gasteiger partial charge in [-0.25, -0.2) is 0 Å². The van der Waals surface area contributed by atoms with Crippen molar-refractivity contribution in [3.8, 4) is 0 Å². The second kappa shape index (κ2) is 6.13. The predicted octanol–water partition coefficient (Wildman–Crippen LogP) is 1.59. The lowest BCUT2D eigenvalue weighted by molar-refractivity contribution is -0.139. The highest BCUT2D eigenvalue weighted by atomic mass is 32.2. The van der Waals surface area contributed by atoms with E-state index in [-0.39, 0.29) is 18.4 Å². The summed E-state index contributed by atoms with van der Waals surface area (Å²) in [6, 6.07) is -0.0842. The zero-order valence-corrected chi connectivity index (χ0v) is 10.6. The van der Waals surface area contributed by atoms with Gasteiger partial charge in [0.1, 0.15) is 0 Å². The summed E-state index contributed by atoms with van der Waals surface area (Å²) in [6.07, 6.45) is 4.33. The largest absolute Gasteiger partial charge is 0.481 e. The highest BCUT2D eigenvalue weighted by Gasteiger charge is 2.30. The molecule has 2 unspecified atom stereocenters. The molecule has 0 radical (unpaired) electrons. The zero-order valence-electron chi connectivity index (χ0n) is 9.81. The molecule has 1 saturated heterocycles. The van der Waals surface area contributed by atoms with Crippen molar-refractivity contribution in [1.82, 2.24) is 4.90 Å². The van der Waals surface area contributed by atoms with Crippen LogP contribution in [0.4, 0.5) is 0 Å². The molecule has 0 aliphatic carbocycles. The minimum Gasteiger partial charge on any atom is -0.481 e. The first-order chi connectivity index (χ1) is 7.54. The maximum Gasteiger partial charge on any atom is 0.305 e. The minimum absolute atomic E-state index is 0.0827. The van der Waals surface area contributed by atoms with Crippen molar-refractivity contribution in [2.45, 2.75) is 43.9 Å². The average molecular weight is 245 g/mol. The van der Waals surface area contributed by atoms with Crippen LogP contribution < -0.4 is 0 Å². The second-order valence-electron chi connectivity index (χ2n) is 4.23. The fourth-order valence-electron chi connectivity index (χ4n) is 2.02. The van der Waals surface area contributed by atoms with Gasteiger partial charge in [-0.15, -0.1) is 0 Å². The molecule has 1 heterocycles. The molecule has 92 valence electrons. The fraction of sp³-hybridized carbons (Fsp3) is 0.818. The third kappa shape index (κ3) is 3.70. The number of carboxylic acids is 1. The van der Waals surface area contributed by atoms with Gasteiger partial charge < -0.3 is 10.0 Å². The van der Waals surface area contributed by atoms with Crippen LogP contribution in [-0.2, 0) is 9.59 Å². The first-order valence-electron chi connectivity index (χ1n) is 5.58. The molecule has 1 amide bonds. The van der Waals surface area contributed by atoms with Gasteiger partial charge in [0.05, 0.1) is 6.42 Å². The Kier molecular flexibility index (Phi) is 5.12. The average Bonchev–Trinajstić information content (AvgIpc) is 2.64. The third-order valence-corrected chi connectivity index (χ3v) is 3.94. The summed E-state index contributed by atoms with van der Waals surface area (Å²) in [6.45, 7) is 2.74. The number of aliphatic carboxylic acids is 1. The molecule has 5 heteroatoms. The molecule has 1 fully saturated rings. The van der Waals surface area contributed by atoms with E-state index in [0.29, 0.717) is 11.7 Å². The zero-order chi connectivity index (χ0) is 12.1. The van der Waals surface area contributed by atoms with Crippen LogP contribution in [-0.4, -0.2) is 46.0 Å².